The zero-order valence-corrected chi connectivity index (χ0v) is 19.9. The molecule has 1 saturated carbocycles. The summed E-state index contributed by atoms with van der Waals surface area (Å²) >= 11 is 0. The summed E-state index contributed by atoms with van der Waals surface area (Å²) in [5.74, 6) is 0.620. The van der Waals surface area contributed by atoms with Gasteiger partial charge < -0.3 is 20.2 Å². The lowest BCUT2D eigenvalue weighted by molar-refractivity contribution is -0.126. The van der Waals surface area contributed by atoms with E-state index in [1.54, 1.807) is 0 Å². The quantitative estimate of drug-likeness (QED) is 0.734. The summed E-state index contributed by atoms with van der Waals surface area (Å²) in [4.78, 5) is 29.3. The molecule has 1 atom stereocenters. The first-order chi connectivity index (χ1) is 15.2. The number of nitrogens with zero attached hydrogens (tertiary/aromatic N) is 2. The molecule has 0 aromatic heterocycles. The molecule has 1 saturated heterocycles. The van der Waals surface area contributed by atoms with Crippen molar-refractivity contribution in [2.45, 2.75) is 77.9 Å². The lowest BCUT2D eigenvalue weighted by Crippen LogP contribution is -2.46. The van der Waals surface area contributed by atoms with Crippen LogP contribution in [0.2, 0.25) is 0 Å². The molecular weight excluding hydrogens is 402 g/mol. The Labute approximate surface area is 192 Å². The fourth-order valence-electron chi connectivity index (χ4n) is 5.36. The molecule has 176 valence electrons. The van der Waals surface area contributed by atoms with Crippen LogP contribution in [0.1, 0.15) is 76.5 Å². The highest BCUT2D eigenvalue weighted by molar-refractivity contribution is 5.98. The Morgan fingerprint density at radius 1 is 1.09 bits per heavy atom. The Balaban J connectivity index is 1.28. The summed E-state index contributed by atoms with van der Waals surface area (Å²) in [5.41, 5.74) is 2.65. The summed E-state index contributed by atoms with van der Waals surface area (Å²) in [5, 5.41) is 14.1. The molecule has 1 aromatic rings. The SMILES string of the molecule is CC(C)(C)C(=O)N1CCc2cc(C(O)CN3CCC(NC(=O)C4CCCC4)CC3)ccc21. The molecule has 2 N–H and O–H groups in total. The van der Waals surface area contributed by atoms with Crippen LogP contribution in [-0.4, -0.2) is 54.0 Å². The smallest absolute Gasteiger partial charge is 0.232 e. The number of nitrogens with one attached hydrogen (secondary N) is 1. The number of piperidine rings is 1. The number of amides is 2. The average Bonchev–Trinajstić information content (AvgIpc) is 3.43. The van der Waals surface area contributed by atoms with E-state index in [4.69, 9.17) is 0 Å². The van der Waals surface area contributed by atoms with Gasteiger partial charge in [-0.3, -0.25) is 9.59 Å². The fourth-order valence-corrected chi connectivity index (χ4v) is 5.36. The number of carbonyl (C=O) groups is 2. The molecule has 1 aromatic carbocycles. The van der Waals surface area contributed by atoms with Gasteiger partial charge in [0.05, 0.1) is 6.10 Å². The number of hydrogen-bond donors (Lipinski definition) is 2. The van der Waals surface area contributed by atoms with E-state index in [-0.39, 0.29) is 23.8 Å². The standard InChI is InChI=1S/C26H39N3O3/c1-26(2,3)25(32)29-15-10-19-16-20(8-9-22(19)29)23(30)17-28-13-11-21(12-14-28)27-24(31)18-6-4-5-7-18/h8-9,16,18,21,23,30H,4-7,10-15,17H2,1-3H3,(H,27,31). The van der Waals surface area contributed by atoms with Crippen molar-refractivity contribution < 1.29 is 14.7 Å². The molecule has 1 aliphatic carbocycles. The van der Waals surface area contributed by atoms with Gasteiger partial charge in [0.25, 0.3) is 0 Å². The van der Waals surface area contributed by atoms with Crippen molar-refractivity contribution in [1.82, 2.24) is 10.2 Å². The van der Waals surface area contributed by atoms with Crippen molar-refractivity contribution in [2.24, 2.45) is 11.3 Å². The van der Waals surface area contributed by atoms with Gasteiger partial charge in [-0.15, -0.1) is 0 Å². The molecule has 2 fully saturated rings. The highest BCUT2D eigenvalue weighted by Crippen LogP contribution is 2.34. The number of likely N-dealkylation sites (tertiary alicyclic amines) is 1. The van der Waals surface area contributed by atoms with E-state index < -0.39 is 11.5 Å². The third kappa shape index (κ3) is 5.18. The predicted octanol–water partition coefficient (Wildman–Crippen LogP) is 3.43. The van der Waals surface area contributed by atoms with Crippen molar-refractivity contribution in [2.75, 3.05) is 31.1 Å². The summed E-state index contributed by atoms with van der Waals surface area (Å²) < 4.78 is 0. The first kappa shape index (κ1) is 23.2. The maximum atomic E-state index is 12.7. The Morgan fingerprint density at radius 2 is 1.78 bits per heavy atom. The Bertz CT molecular complexity index is 833. The molecule has 0 spiro atoms. The largest absolute Gasteiger partial charge is 0.387 e. The second kappa shape index (κ2) is 9.52. The number of benzene rings is 1. The van der Waals surface area contributed by atoms with Crippen LogP contribution in [-0.2, 0) is 16.0 Å². The predicted molar refractivity (Wildman–Crippen MR) is 126 cm³/mol. The Kier molecular flexibility index (Phi) is 6.91. The molecule has 6 nitrogen and oxygen atoms in total. The number of aliphatic hydroxyl groups excluding tert-OH is 1. The molecule has 0 bridgehead atoms. The fraction of sp³-hybridized carbons (Fsp3) is 0.692. The van der Waals surface area contributed by atoms with Crippen LogP contribution in [0.25, 0.3) is 0 Å². The Hall–Kier alpha value is -1.92. The minimum absolute atomic E-state index is 0.146. The van der Waals surface area contributed by atoms with Crippen LogP contribution < -0.4 is 10.2 Å². The summed E-state index contributed by atoms with van der Waals surface area (Å²) in [7, 11) is 0. The highest BCUT2D eigenvalue weighted by atomic mass is 16.3. The maximum Gasteiger partial charge on any atom is 0.232 e. The van der Waals surface area contributed by atoms with Crippen molar-refractivity contribution in [3.8, 4) is 0 Å². The third-order valence-corrected chi connectivity index (χ3v) is 7.36. The first-order valence-electron chi connectivity index (χ1n) is 12.4. The van der Waals surface area contributed by atoms with E-state index in [0.717, 1.165) is 62.0 Å². The second-order valence-corrected chi connectivity index (χ2v) is 10.9. The topological polar surface area (TPSA) is 72.9 Å². The zero-order chi connectivity index (χ0) is 22.9. The van der Waals surface area contributed by atoms with Gasteiger partial charge in [-0.25, -0.2) is 0 Å². The zero-order valence-electron chi connectivity index (χ0n) is 19.9. The van der Waals surface area contributed by atoms with E-state index in [0.29, 0.717) is 13.1 Å². The van der Waals surface area contributed by atoms with Crippen molar-refractivity contribution >= 4 is 17.5 Å². The molecule has 2 aliphatic heterocycles. The van der Waals surface area contributed by atoms with Crippen LogP contribution >= 0.6 is 0 Å². The molecule has 1 unspecified atom stereocenters. The van der Waals surface area contributed by atoms with E-state index in [2.05, 4.69) is 16.3 Å². The van der Waals surface area contributed by atoms with Crippen LogP contribution in [0.4, 0.5) is 5.69 Å². The summed E-state index contributed by atoms with van der Waals surface area (Å²) in [6.07, 6.45) is 6.63. The minimum Gasteiger partial charge on any atom is -0.387 e. The van der Waals surface area contributed by atoms with E-state index in [1.165, 1.54) is 12.8 Å². The van der Waals surface area contributed by atoms with Gasteiger partial charge in [0.2, 0.25) is 11.8 Å². The molecule has 4 rings (SSSR count). The van der Waals surface area contributed by atoms with Crippen molar-refractivity contribution in [3.05, 3.63) is 29.3 Å². The van der Waals surface area contributed by atoms with Gasteiger partial charge in [0, 0.05) is 49.2 Å². The van der Waals surface area contributed by atoms with Gasteiger partial charge in [-0.05, 0) is 49.3 Å². The molecule has 32 heavy (non-hydrogen) atoms. The van der Waals surface area contributed by atoms with E-state index in [1.807, 2.05) is 37.8 Å². The maximum absolute atomic E-state index is 12.7. The summed E-state index contributed by atoms with van der Waals surface area (Å²) in [6, 6.07) is 6.30. The van der Waals surface area contributed by atoms with Gasteiger partial charge >= 0.3 is 0 Å². The number of carbonyl (C=O) groups excluding carboxylic acids is 2. The normalized spacial score (nSPS) is 21.6. The molecule has 2 amide bonds. The van der Waals surface area contributed by atoms with Crippen LogP contribution in [0.3, 0.4) is 0 Å². The van der Waals surface area contributed by atoms with Crippen molar-refractivity contribution in [1.29, 1.82) is 0 Å². The molecule has 0 radical (unpaired) electrons. The van der Waals surface area contributed by atoms with Gasteiger partial charge in [-0.1, -0.05) is 45.7 Å². The molecular formula is C26H39N3O3. The lowest BCUT2D eigenvalue weighted by atomic mass is 9.94. The minimum atomic E-state index is -0.544. The molecule has 2 heterocycles. The third-order valence-electron chi connectivity index (χ3n) is 7.36. The number of fused-ring (bicyclic) bond motifs is 1. The average molecular weight is 442 g/mol. The summed E-state index contributed by atoms with van der Waals surface area (Å²) in [6.45, 7) is 8.97. The second-order valence-electron chi connectivity index (χ2n) is 10.9. The Morgan fingerprint density at radius 3 is 2.44 bits per heavy atom. The number of hydrogen-bond acceptors (Lipinski definition) is 4. The van der Waals surface area contributed by atoms with Crippen LogP contribution in [0, 0.1) is 11.3 Å². The lowest BCUT2D eigenvalue weighted by Gasteiger charge is -2.34. The number of anilines is 1. The van der Waals surface area contributed by atoms with Gasteiger partial charge in [-0.2, -0.15) is 0 Å². The number of rotatable bonds is 5. The molecule has 3 aliphatic rings. The van der Waals surface area contributed by atoms with E-state index >= 15 is 0 Å². The van der Waals surface area contributed by atoms with Gasteiger partial charge in [0.1, 0.15) is 0 Å². The van der Waals surface area contributed by atoms with E-state index in [9.17, 15) is 14.7 Å². The van der Waals surface area contributed by atoms with Crippen molar-refractivity contribution in [3.63, 3.8) is 0 Å². The van der Waals surface area contributed by atoms with Crippen LogP contribution in [0.15, 0.2) is 18.2 Å². The van der Waals surface area contributed by atoms with Crippen LogP contribution in [0.5, 0.6) is 0 Å². The number of β-amino-alcohol motifs (C(OH)–C–C–N with tert-alkyl or cyclic N) is 1. The molecule has 6 heteroatoms. The van der Waals surface area contributed by atoms with Gasteiger partial charge in [0.15, 0.2) is 0 Å². The highest BCUT2D eigenvalue weighted by Gasteiger charge is 2.33. The monoisotopic (exact) mass is 441 g/mol. The first-order valence-corrected chi connectivity index (χ1v) is 12.4. The number of aliphatic hydroxyl groups is 1.